The molecule has 2 rings (SSSR count). The molecule has 0 aliphatic rings. The Labute approximate surface area is 92.3 Å². The van der Waals surface area contributed by atoms with Crippen LogP contribution >= 0.6 is 0 Å². The van der Waals surface area contributed by atoms with E-state index < -0.39 is 0 Å². The van der Waals surface area contributed by atoms with E-state index in [4.69, 9.17) is 5.11 Å². The molecule has 2 aromatic heterocycles. The van der Waals surface area contributed by atoms with Gasteiger partial charge < -0.3 is 14.9 Å². The zero-order valence-electron chi connectivity index (χ0n) is 8.63. The second-order valence-corrected chi connectivity index (χ2v) is 3.28. The lowest BCUT2D eigenvalue weighted by Crippen LogP contribution is -2.17. The van der Waals surface area contributed by atoms with E-state index in [9.17, 15) is 0 Å². The van der Waals surface area contributed by atoms with Crippen LogP contribution in [-0.2, 0) is 13.0 Å². The summed E-state index contributed by atoms with van der Waals surface area (Å²) < 4.78 is 4.61. The molecule has 0 atom stereocenters. The van der Waals surface area contributed by atoms with Crippen molar-refractivity contribution >= 4 is 0 Å². The fourth-order valence-electron chi connectivity index (χ4n) is 1.24. The van der Waals surface area contributed by atoms with Gasteiger partial charge in [0.05, 0.1) is 11.9 Å². The average molecular weight is 220 g/mol. The van der Waals surface area contributed by atoms with Gasteiger partial charge in [-0.05, 0) is 12.1 Å². The van der Waals surface area contributed by atoms with Gasteiger partial charge in [0, 0.05) is 19.5 Å². The van der Waals surface area contributed by atoms with Crippen LogP contribution in [0.15, 0.2) is 29.2 Å². The van der Waals surface area contributed by atoms with Gasteiger partial charge in [-0.2, -0.15) is 4.98 Å². The maximum Gasteiger partial charge on any atom is 0.213 e. The highest BCUT2D eigenvalue weighted by molar-refractivity contribution is 5.17. The molecule has 0 aliphatic carbocycles. The van der Waals surface area contributed by atoms with Crippen LogP contribution in [0.2, 0.25) is 0 Å². The van der Waals surface area contributed by atoms with Crippen molar-refractivity contribution in [3.05, 3.63) is 36.2 Å². The topological polar surface area (TPSA) is 84.1 Å². The molecule has 0 saturated carbocycles. The van der Waals surface area contributed by atoms with Gasteiger partial charge in [0.1, 0.15) is 5.75 Å². The third kappa shape index (κ3) is 3.03. The second-order valence-electron chi connectivity index (χ2n) is 3.28. The Balaban J connectivity index is 1.70. The highest BCUT2D eigenvalue weighted by atomic mass is 16.5. The van der Waals surface area contributed by atoms with E-state index in [0.717, 1.165) is 12.2 Å². The molecule has 0 bridgehead atoms. The Morgan fingerprint density at radius 2 is 2.25 bits per heavy atom. The first-order valence-corrected chi connectivity index (χ1v) is 4.94. The normalized spacial score (nSPS) is 10.5. The first kappa shape index (κ1) is 10.6. The molecule has 84 valence electrons. The van der Waals surface area contributed by atoms with Crippen molar-refractivity contribution in [2.75, 3.05) is 6.54 Å². The van der Waals surface area contributed by atoms with E-state index in [1.54, 1.807) is 12.1 Å². The van der Waals surface area contributed by atoms with E-state index in [1.165, 1.54) is 12.6 Å². The summed E-state index contributed by atoms with van der Waals surface area (Å²) in [5.74, 6) is 0.863. The molecular weight excluding hydrogens is 208 g/mol. The van der Waals surface area contributed by atoms with Crippen LogP contribution in [0, 0.1) is 0 Å². The number of nitrogens with zero attached hydrogens (tertiary/aromatic N) is 3. The molecule has 6 heteroatoms. The summed E-state index contributed by atoms with van der Waals surface area (Å²) in [5, 5.41) is 15.9. The van der Waals surface area contributed by atoms with Gasteiger partial charge in [-0.15, -0.1) is 0 Å². The molecule has 0 fully saturated rings. The first-order chi connectivity index (χ1) is 7.84. The van der Waals surface area contributed by atoms with Crippen LogP contribution in [0.25, 0.3) is 0 Å². The second kappa shape index (κ2) is 5.22. The Hall–Kier alpha value is -1.95. The van der Waals surface area contributed by atoms with Crippen LogP contribution in [-0.4, -0.2) is 26.8 Å². The van der Waals surface area contributed by atoms with E-state index in [1.807, 2.05) is 0 Å². The van der Waals surface area contributed by atoms with Crippen LogP contribution in [0.5, 0.6) is 5.75 Å². The quantitative estimate of drug-likeness (QED) is 0.714. The van der Waals surface area contributed by atoms with Gasteiger partial charge in [0.2, 0.25) is 6.39 Å². The number of rotatable bonds is 5. The molecule has 6 nitrogen and oxygen atoms in total. The maximum absolute atomic E-state index is 9.04. The molecule has 0 aliphatic heterocycles. The van der Waals surface area contributed by atoms with Crippen LogP contribution in [0.4, 0.5) is 0 Å². The van der Waals surface area contributed by atoms with E-state index >= 15 is 0 Å². The van der Waals surface area contributed by atoms with Crippen molar-refractivity contribution in [1.82, 2.24) is 20.4 Å². The first-order valence-electron chi connectivity index (χ1n) is 4.94. The maximum atomic E-state index is 9.04. The number of hydrogen-bond donors (Lipinski definition) is 2. The molecule has 2 aromatic rings. The molecule has 0 saturated heterocycles. The minimum absolute atomic E-state index is 0.176. The summed E-state index contributed by atoms with van der Waals surface area (Å²) in [7, 11) is 0. The minimum Gasteiger partial charge on any atom is -0.506 e. The number of aromatic hydroxyl groups is 1. The smallest absolute Gasteiger partial charge is 0.213 e. The Morgan fingerprint density at radius 3 is 2.94 bits per heavy atom. The lowest BCUT2D eigenvalue weighted by Gasteiger charge is -2.02. The zero-order valence-corrected chi connectivity index (χ0v) is 8.63. The highest BCUT2D eigenvalue weighted by Crippen LogP contribution is 2.05. The molecule has 2 N–H and O–H groups in total. The zero-order chi connectivity index (χ0) is 11.2. The van der Waals surface area contributed by atoms with Crippen LogP contribution < -0.4 is 5.32 Å². The number of pyridine rings is 1. The van der Waals surface area contributed by atoms with E-state index in [0.29, 0.717) is 18.8 Å². The van der Waals surface area contributed by atoms with Gasteiger partial charge in [-0.1, -0.05) is 5.16 Å². The largest absolute Gasteiger partial charge is 0.506 e. The van der Waals surface area contributed by atoms with Crippen LogP contribution in [0.3, 0.4) is 0 Å². The Kier molecular flexibility index (Phi) is 3.45. The van der Waals surface area contributed by atoms with Crippen molar-refractivity contribution < 1.29 is 9.63 Å². The third-order valence-corrected chi connectivity index (χ3v) is 2.05. The van der Waals surface area contributed by atoms with Crippen molar-refractivity contribution in [1.29, 1.82) is 0 Å². The third-order valence-electron chi connectivity index (χ3n) is 2.05. The van der Waals surface area contributed by atoms with E-state index in [2.05, 4.69) is 25.0 Å². The number of aromatic nitrogens is 3. The standard InChI is InChI=1S/C10H12N4O2/c15-9-2-1-8(12-6-9)5-11-4-3-10-13-7-16-14-10/h1-2,6-7,11,15H,3-5H2. The fourth-order valence-corrected chi connectivity index (χ4v) is 1.24. The SMILES string of the molecule is Oc1ccc(CNCCc2ncon2)nc1. The predicted molar refractivity (Wildman–Crippen MR) is 55.6 cm³/mol. The summed E-state index contributed by atoms with van der Waals surface area (Å²) in [6, 6.07) is 3.39. The Morgan fingerprint density at radius 1 is 1.31 bits per heavy atom. The lowest BCUT2D eigenvalue weighted by atomic mass is 10.3. The molecule has 0 amide bonds. The molecule has 2 heterocycles. The van der Waals surface area contributed by atoms with Gasteiger partial charge in [-0.25, -0.2) is 0 Å². The predicted octanol–water partition coefficient (Wildman–Crippen LogP) is 0.502. The summed E-state index contributed by atoms with van der Waals surface area (Å²) in [4.78, 5) is 7.96. The van der Waals surface area contributed by atoms with Crippen molar-refractivity contribution in [2.45, 2.75) is 13.0 Å². The molecule has 0 aromatic carbocycles. The van der Waals surface area contributed by atoms with Gasteiger partial charge >= 0.3 is 0 Å². The number of nitrogens with one attached hydrogen (secondary N) is 1. The minimum atomic E-state index is 0.176. The van der Waals surface area contributed by atoms with Gasteiger partial charge in [-0.3, -0.25) is 4.98 Å². The molecular formula is C10H12N4O2. The molecule has 0 spiro atoms. The lowest BCUT2D eigenvalue weighted by molar-refractivity contribution is 0.409. The highest BCUT2D eigenvalue weighted by Gasteiger charge is 1.98. The monoisotopic (exact) mass is 220 g/mol. The summed E-state index contributed by atoms with van der Waals surface area (Å²) >= 11 is 0. The van der Waals surface area contributed by atoms with Gasteiger partial charge in [0.25, 0.3) is 0 Å². The molecule has 0 radical (unpaired) electrons. The number of hydrogen-bond acceptors (Lipinski definition) is 6. The molecule has 16 heavy (non-hydrogen) atoms. The van der Waals surface area contributed by atoms with Crippen molar-refractivity contribution in [3.8, 4) is 5.75 Å². The van der Waals surface area contributed by atoms with E-state index in [-0.39, 0.29) is 5.75 Å². The molecule has 0 unspecified atom stereocenters. The van der Waals surface area contributed by atoms with Crippen molar-refractivity contribution in [3.63, 3.8) is 0 Å². The summed E-state index contributed by atoms with van der Waals surface area (Å²) in [6.07, 6.45) is 3.46. The summed E-state index contributed by atoms with van der Waals surface area (Å²) in [5.41, 5.74) is 0.880. The van der Waals surface area contributed by atoms with Crippen molar-refractivity contribution in [2.24, 2.45) is 0 Å². The van der Waals surface area contributed by atoms with Crippen LogP contribution in [0.1, 0.15) is 11.5 Å². The van der Waals surface area contributed by atoms with Gasteiger partial charge in [0.15, 0.2) is 5.82 Å². The average Bonchev–Trinajstić information content (AvgIpc) is 2.80. The fraction of sp³-hybridized carbons (Fsp3) is 0.300. The Bertz CT molecular complexity index is 413. The summed E-state index contributed by atoms with van der Waals surface area (Å²) in [6.45, 7) is 1.40.